The van der Waals surface area contributed by atoms with Gasteiger partial charge in [0.25, 0.3) is 5.91 Å². The molecule has 166 valence electrons. The lowest BCUT2D eigenvalue weighted by Gasteiger charge is -2.34. The summed E-state index contributed by atoms with van der Waals surface area (Å²) in [6.45, 7) is 7.75. The van der Waals surface area contributed by atoms with E-state index in [-0.39, 0.29) is 18.3 Å². The molecule has 0 N–H and O–H groups in total. The van der Waals surface area contributed by atoms with Crippen LogP contribution in [0.15, 0.2) is 24.4 Å². The first kappa shape index (κ1) is 23.0. The average molecular weight is 434 g/mol. The normalized spacial score (nSPS) is 18.4. The highest BCUT2D eigenvalue weighted by molar-refractivity contribution is 6.08. The van der Waals surface area contributed by atoms with Crippen molar-refractivity contribution in [2.24, 2.45) is 5.92 Å². The predicted octanol–water partition coefficient (Wildman–Crippen LogP) is 4.82. The van der Waals surface area contributed by atoms with Crippen molar-refractivity contribution in [1.82, 2.24) is 14.4 Å². The first-order chi connectivity index (χ1) is 14.2. The molecule has 2 heterocycles. The average Bonchev–Trinajstić information content (AvgIpc) is 3.17. The Morgan fingerprint density at radius 1 is 1.10 bits per heavy atom. The Morgan fingerprint density at radius 3 is 2.50 bits per heavy atom. The van der Waals surface area contributed by atoms with E-state index in [9.17, 15) is 4.79 Å². The van der Waals surface area contributed by atoms with Crippen LogP contribution in [0.2, 0.25) is 0 Å². The Kier molecular flexibility index (Phi) is 8.06. The fourth-order valence-corrected chi connectivity index (χ4v) is 5.07. The van der Waals surface area contributed by atoms with Crippen LogP contribution in [0.3, 0.4) is 0 Å². The van der Waals surface area contributed by atoms with Gasteiger partial charge in [0, 0.05) is 44.3 Å². The molecule has 1 aliphatic heterocycles. The Labute approximate surface area is 186 Å². The summed E-state index contributed by atoms with van der Waals surface area (Å²) in [5.41, 5.74) is 1.90. The van der Waals surface area contributed by atoms with Gasteiger partial charge in [-0.1, -0.05) is 51.2 Å². The van der Waals surface area contributed by atoms with Gasteiger partial charge >= 0.3 is 0 Å². The number of halogens is 1. The quantitative estimate of drug-likeness (QED) is 0.655. The summed E-state index contributed by atoms with van der Waals surface area (Å²) in [6, 6.07) is 6.08. The number of carbonyl (C=O) groups excluding carboxylic acids is 1. The smallest absolute Gasteiger partial charge is 0.256 e. The number of nitrogens with zero attached hydrogens (tertiary/aromatic N) is 3. The zero-order chi connectivity index (χ0) is 20.2. The van der Waals surface area contributed by atoms with E-state index in [1.807, 2.05) is 17.0 Å². The van der Waals surface area contributed by atoms with Gasteiger partial charge in [-0.3, -0.25) is 4.79 Å². The maximum atomic E-state index is 13.4. The molecule has 6 heteroatoms. The lowest BCUT2D eigenvalue weighted by Crippen LogP contribution is -2.48. The van der Waals surface area contributed by atoms with Crippen LogP contribution < -0.4 is 4.74 Å². The molecule has 2 aromatic rings. The van der Waals surface area contributed by atoms with Crippen molar-refractivity contribution >= 4 is 29.2 Å². The number of likely N-dealkylation sites (N-methyl/N-ethyl adjacent to an activating group) is 1. The second kappa shape index (κ2) is 10.5. The number of aromatic nitrogens is 1. The number of hydrogen-bond acceptors (Lipinski definition) is 3. The lowest BCUT2D eigenvalue weighted by molar-refractivity contribution is 0.0645. The van der Waals surface area contributed by atoms with Crippen molar-refractivity contribution < 1.29 is 9.53 Å². The Hall–Kier alpha value is -1.72. The van der Waals surface area contributed by atoms with E-state index in [0.717, 1.165) is 67.4 Å². The molecule has 0 unspecified atom stereocenters. The van der Waals surface area contributed by atoms with Gasteiger partial charge in [-0.05, 0) is 24.9 Å². The number of fused-ring (bicyclic) bond motifs is 1. The molecule has 4 rings (SSSR count). The van der Waals surface area contributed by atoms with E-state index in [1.165, 1.54) is 38.5 Å². The first-order valence-corrected chi connectivity index (χ1v) is 11.4. The van der Waals surface area contributed by atoms with Crippen molar-refractivity contribution in [3.63, 3.8) is 0 Å². The molecule has 1 aromatic heterocycles. The van der Waals surface area contributed by atoms with Gasteiger partial charge in [0.05, 0.1) is 18.2 Å². The van der Waals surface area contributed by atoms with Crippen LogP contribution in [-0.4, -0.2) is 60.1 Å². The number of aryl methyl sites for hydroxylation is 1. The molecule has 2 aliphatic rings. The molecule has 1 saturated heterocycles. The van der Waals surface area contributed by atoms with Crippen molar-refractivity contribution in [3.05, 3.63) is 30.0 Å². The minimum atomic E-state index is 0. The molecule has 1 amide bonds. The highest BCUT2D eigenvalue weighted by Gasteiger charge is 2.25. The van der Waals surface area contributed by atoms with E-state index >= 15 is 0 Å². The van der Waals surface area contributed by atoms with Crippen LogP contribution in [0.4, 0.5) is 0 Å². The Morgan fingerprint density at radius 2 is 1.83 bits per heavy atom. The highest BCUT2D eigenvalue weighted by Crippen LogP contribution is 2.33. The van der Waals surface area contributed by atoms with Gasteiger partial charge in [0.1, 0.15) is 5.75 Å². The van der Waals surface area contributed by atoms with Crippen LogP contribution in [0.5, 0.6) is 5.75 Å². The Balaban J connectivity index is 0.00000256. The number of para-hydroxylation sites is 1. The summed E-state index contributed by atoms with van der Waals surface area (Å²) < 4.78 is 7.95. The number of carbonyl (C=O) groups is 1. The SMILES string of the molecule is CCN1CCN(C(=O)c2cn(CCC3CCCCC3)c3c(OC)cccc23)CC1.Cl. The molecule has 1 aliphatic carbocycles. The maximum Gasteiger partial charge on any atom is 0.256 e. The largest absolute Gasteiger partial charge is 0.495 e. The number of amides is 1. The van der Waals surface area contributed by atoms with Gasteiger partial charge in [-0.2, -0.15) is 0 Å². The minimum absolute atomic E-state index is 0. The van der Waals surface area contributed by atoms with Crippen molar-refractivity contribution in [2.75, 3.05) is 39.8 Å². The molecule has 2 fully saturated rings. The van der Waals surface area contributed by atoms with E-state index in [4.69, 9.17) is 4.74 Å². The molecule has 1 aromatic carbocycles. The van der Waals surface area contributed by atoms with Gasteiger partial charge < -0.3 is 19.1 Å². The molecule has 0 bridgehead atoms. The summed E-state index contributed by atoms with van der Waals surface area (Å²) in [5.74, 6) is 1.84. The second-order valence-corrected chi connectivity index (χ2v) is 8.61. The van der Waals surface area contributed by atoms with Crippen LogP contribution in [0.1, 0.15) is 55.8 Å². The highest BCUT2D eigenvalue weighted by atomic mass is 35.5. The molecule has 0 radical (unpaired) electrons. The number of benzene rings is 1. The standard InChI is InChI=1S/C24H35N3O2.ClH/c1-3-25-14-16-26(17-15-25)24(28)21-18-27(13-12-19-8-5-4-6-9-19)23-20(21)10-7-11-22(23)29-2;/h7,10-11,18-19H,3-6,8-9,12-17H2,1-2H3;1H. The minimum Gasteiger partial charge on any atom is -0.495 e. The number of hydrogen-bond donors (Lipinski definition) is 0. The van der Waals surface area contributed by atoms with Crippen LogP contribution in [0.25, 0.3) is 10.9 Å². The summed E-state index contributed by atoms with van der Waals surface area (Å²) >= 11 is 0. The molecule has 30 heavy (non-hydrogen) atoms. The predicted molar refractivity (Wildman–Crippen MR) is 125 cm³/mol. The zero-order valence-corrected chi connectivity index (χ0v) is 19.3. The summed E-state index contributed by atoms with van der Waals surface area (Å²) in [4.78, 5) is 17.8. The van der Waals surface area contributed by atoms with Crippen molar-refractivity contribution in [3.8, 4) is 5.75 Å². The van der Waals surface area contributed by atoms with Gasteiger partial charge in [-0.15, -0.1) is 12.4 Å². The molecule has 0 atom stereocenters. The third kappa shape index (κ3) is 4.78. The maximum absolute atomic E-state index is 13.4. The zero-order valence-electron chi connectivity index (χ0n) is 18.4. The monoisotopic (exact) mass is 433 g/mol. The molecular weight excluding hydrogens is 398 g/mol. The molecule has 1 saturated carbocycles. The summed E-state index contributed by atoms with van der Waals surface area (Å²) in [5, 5.41) is 1.02. The van der Waals surface area contributed by atoms with Crippen LogP contribution in [-0.2, 0) is 6.54 Å². The number of piperazine rings is 1. The van der Waals surface area contributed by atoms with E-state index in [1.54, 1.807) is 7.11 Å². The molecular formula is C24H36ClN3O2. The van der Waals surface area contributed by atoms with Crippen molar-refractivity contribution in [2.45, 2.75) is 52.0 Å². The van der Waals surface area contributed by atoms with Gasteiger partial charge in [0.2, 0.25) is 0 Å². The topological polar surface area (TPSA) is 37.7 Å². The number of methoxy groups -OCH3 is 1. The molecule has 5 nitrogen and oxygen atoms in total. The first-order valence-electron chi connectivity index (χ1n) is 11.4. The molecule has 0 spiro atoms. The second-order valence-electron chi connectivity index (χ2n) is 8.61. The van der Waals surface area contributed by atoms with Crippen LogP contribution >= 0.6 is 12.4 Å². The van der Waals surface area contributed by atoms with Gasteiger partial charge in [-0.25, -0.2) is 0 Å². The van der Waals surface area contributed by atoms with Gasteiger partial charge in [0.15, 0.2) is 0 Å². The van der Waals surface area contributed by atoms with E-state index in [2.05, 4.69) is 28.7 Å². The number of ether oxygens (including phenoxy) is 1. The number of rotatable bonds is 6. The van der Waals surface area contributed by atoms with E-state index < -0.39 is 0 Å². The Bertz CT molecular complexity index is 836. The third-order valence-electron chi connectivity index (χ3n) is 6.92. The third-order valence-corrected chi connectivity index (χ3v) is 6.92. The van der Waals surface area contributed by atoms with E-state index in [0.29, 0.717) is 0 Å². The summed E-state index contributed by atoms with van der Waals surface area (Å²) in [7, 11) is 1.72. The van der Waals surface area contributed by atoms with Crippen molar-refractivity contribution in [1.29, 1.82) is 0 Å². The fourth-order valence-electron chi connectivity index (χ4n) is 5.07. The lowest BCUT2D eigenvalue weighted by atomic mass is 9.87. The fraction of sp³-hybridized carbons (Fsp3) is 0.625. The summed E-state index contributed by atoms with van der Waals surface area (Å²) in [6.07, 6.45) is 10.1. The van der Waals surface area contributed by atoms with Crippen LogP contribution in [0, 0.1) is 5.92 Å².